The molecule has 0 bridgehead atoms. The minimum atomic E-state index is -0.218. The van der Waals surface area contributed by atoms with Gasteiger partial charge in [-0.3, -0.25) is 19.7 Å². The van der Waals surface area contributed by atoms with E-state index in [1.807, 2.05) is 32.0 Å². The van der Waals surface area contributed by atoms with Gasteiger partial charge in [0.05, 0.1) is 5.75 Å². The number of aromatic nitrogens is 3. The molecule has 2 aromatic heterocycles. The fraction of sp³-hybridized carbons (Fsp3) is 0.176. The van der Waals surface area contributed by atoms with Crippen LogP contribution >= 0.6 is 23.1 Å². The van der Waals surface area contributed by atoms with E-state index in [4.69, 9.17) is 0 Å². The summed E-state index contributed by atoms with van der Waals surface area (Å²) >= 11 is 2.77. The number of amides is 1. The first kappa shape index (κ1) is 17.4. The van der Waals surface area contributed by atoms with Gasteiger partial charge in [0.25, 0.3) is 5.91 Å². The topological polar surface area (TPSA) is 76.9 Å². The summed E-state index contributed by atoms with van der Waals surface area (Å²) in [5, 5.41) is 7.67. The molecule has 128 valence electrons. The third kappa shape index (κ3) is 3.97. The number of rotatable bonds is 6. The van der Waals surface area contributed by atoms with Crippen molar-refractivity contribution in [3.05, 3.63) is 64.4 Å². The van der Waals surface area contributed by atoms with E-state index in [-0.39, 0.29) is 17.4 Å². The number of nitrogens with one attached hydrogen (secondary N) is 1. The van der Waals surface area contributed by atoms with Crippen LogP contribution in [0.2, 0.25) is 0 Å². The standard InChI is InChI=1S/C17H16N4O2S2/c1-11-8-14(15(22)9-24-17-19-18-10-25-17)12(2)21(11)20-16(23)13-6-4-3-5-7-13/h3-8,10H,9H2,1-2H3,(H,20,23). The first-order valence-electron chi connectivity index (χ1n) is 7.54. The van der Waals surface area contributed by atoms with Crippen LogP contribution in [0.15, 0.2) is 46.2 Å². The SMILES string of the molecule is Cc1cc(C(=O)CSc2nncs2)c(C)n1NC(=O)c1ccccc1. The Bertz CT molecular complexity index is 889. The van der Waals surface area contributed by atoms with Gasteiger partial charge in [-0.25, -0.2) is 0 Å². The molecule has 0 atom stereocenters. The minimum Gasteiger partial charge on any atom is -0.293 e. The molecule has 2 heterocycles. The molecule has 3 rings (SSSR count). The fourth-order valence-electron chi connectivity index (χ4n) is 2.40. The molecule has 8 heteroatoms. The average molecular weight is 372 g/mol. The van der Waals surface area contributed by atoms with Crippen LogP contribution in [0.1, 0.15) is 32.1 Å². The number of Topliss-reactive ketones (excluding diaryl/α,β-unsaturated/α-hetero) is 1. The van der Waals surface area contributed by atoms with Gasteiger partial charge in [-0.15, -0.1) is 10.2 Å². The maximum Gasteiger partial charge on any atom is 0.270 e. The first-order valence-corrected chi connectivity index (χ1v) is 9.40. The number of benzene rings is 1. The van der Waals surface area contributed by atoms with Gasteiger partial charge in [0.15, 0.2) is 10.1 Å². The second-order valence-corrected chi connectivity index (χ2v) is 7.40. The predicted octanol–water partition coefficient (Wildman–Crippen LogP) is 3.32. The molecule has 0 aliphatic carbocycles. The van der Waals surface area contributed by atoms with Gasteiger partial charge in [0.2, 0.25) is 0 Å². The van der Waals surface area contributed by atoms with Gasteiger partial charge in [-0.1, -0.05) is 41.3 Å². The molecule has 3 aromatic rings. The van der Waals surface area contributed by atoms with Crippen LogP contribution in [0.25, 0.3) is 0 Å². The minimum absolute atomic E-state index is 0.00601. The van der Waals surface area contributed by atoms with Crippen molar-refractivity contribution in [1.29, 1.82) is 0 Å². The molecule has 0 spiro atoms. The van der Waals surface area contributed by atoms with Crippen LogP contribution in [0, 0.1) is 13.8 Å². The number of thioether (sulfide) groups is 1. The molecule has 0 saturated heterocycles. The van der Waals surface area contributed by atoms with Crippen LogP contribution < -0.4 is 5.43 Å². The third-order valence-electron chi connectivity index (χ3n) is 3.65. The number of carbonyl (C=O) groups is 2. The van der Waals surface area contributed by atoms with Crippen molar-refractivity contribution >= 4 is 34.8 Å². The summed E-state index contributed by atoms with van der Waals surface area (Å²) in [6.07, 6.45) is 0. The molecule has 1 aromatic carbocycles. The zero-order valence-corrected chi connectivity index (χ0v) is 15.4. The Labute approximate surface area is 153 Å². The van der Waals surface area contributed by atoms with Crippen LogP contribution in [-0.2, 0) is 0 Å². The van der Waals surface area contributed by atoms with E-state index in [9.17, 15) is 9.59 Å². The van der Waals surface area contributed by atoms with E-state index < -0.39 is 0 Å². The molecule has 0 saturated carbocycles. The molecule has 1 amide bonds. The second kappa shape index (κ2) is 7.62. The Morgan fingerprint density at radius 1 is 1.24 bits per heavy atom. The molecule has 0 aliphatic heterocycles. The summed E-state index contributed by atoms with van der Waals surface area (Å²) < 4.78 is 2.41. The van der Waals surface area contributed by atoms with Gasteiger partial charge in [-0.05, 0) is 32.0 Å². The van der Waals surface area contributed by atoms with E-state index in [0.29, 0.717) is 16.8 Å². The number of ketones is 1. The zero-order chi connectivity index (χ0) is 17.8. The number of aryl methyl sites for hydroxylation is 1. The van der Waals surface area contributed by atoms with Crippen molar-refractivity contribution in [2.45, 2.75) is 18.2 Å². The van der Waals surface area contributed by atoms with E-state index in [1.165, 1.54) is 23.1 Å². The van der Waals surface area contributed by atoms with Crippen molar-refractivity contribution in [3.8, 4) is 0 Å². The zero-order valence-electron chi connectivity index (χ0n) is 13.7. The van der Waals surface area contributed by atoms with Crippen LogP contribution in [-0.4, -0.2) is 32.3 Å². The van der Waals surface area contributed by atoms with Gasteiger partial charge < -0.3 is 0 Å². The van der Waals surface area contributed by atoms with E-state index >= 15 is 0 Å². The Morgan fingerprint density at radius 2 is 2.00 bits per heavy atom. The van der Waals surface area contributed by atoms with Crippen LogP contribution in [0.5, 0.6) is 0 Å². The van der Waals surface area contributed by atoms with Gasteiger partial charge >= 0.3 is 0 Å². The normalized spacial score (nSPS) is 10.6. The summed E-state index contributed by atoms with van der Waals surface area (Å²) in [4.78, 5) is 24.8. The Kier molecular flexibility index (Phi) is 5.30. The molecule has 1 N–H and O–H groups in total. The largest absolute Gasteiger partial charge is 0.293 e. The summed E-state index contributed by atoms with van der Waals surface area (Å²) in [5.74, 6) is 0.0599. The molecule has 0 unspecified atom stereocenters. The van der Waals surface area contributed by atoms with E-state index in [2.05, 4.69) is 15.6 Å². The summed E-state index contributed by atoms with van der Waals surface area (Å²) in [6, 6.07) is 10.8. The highest BCUT2D eigenvalue weighted by molar-refractivity contribution is 8.01. The van der Waals surface area contributed by atoms with Crippen molar-refractivity contribution in [2.75, 3.05) is 11.2 Å². The first-order chi connectivity index (χ1) is 12.1. The lowest BCUT2D eigenvalue weighted by Gasteiger charge is -2.11. The highest BCUT2D eigenvalue weighted by Gasteiger charge is 2.18. The summed E-state index contributed by atoms with van der Waals surface area (Å²) in [5.41, 5.74) is 7.15. The Hall–Kier alpha value is -2.45. The number of carbonyl (C=O) groups excluding carboxylic acids is 2. The number of hydrogen-bond donors (Lipinski definition) is 1. The monoisotopic (exact) mass is 372 g/mol. The van der Waals surface area contributed by atoms with Crippen LogP contribution in [0.4, 0.5) is 0 Å². The maximum atomic E-state index is 12.5. The molecule has 6 nitrogen and oxygen atoms in total. The third-order valence-corrected chi connectivity index (χ3v) is 5.51. The quantitative estimate of drug-likeness (QED) is 0.531. The summed E-state index contributed by atoms with van der Waals surface area (Å²) in [6.45, 7) is 3.67. The van der Waals surface area contributed by atoms with Crippen LogP contribution in [0.3, 0.4) is 0 Å². The second-order valence-electron chi connectivity index (χ2n) is 5.34. The van der Waals surface area contributed by atoms with Gasteiger partial charge in [0, 0.05) is 22.5 Å². The van der Waals surface area contributed by atoms with Crippen molar-refractivity contribution in [3.63, 3.8) is 0 Å². The van der Waals surface area contributed by atoms with Gasteiger partial charge in [0.1, 0.15) is 5.51 Å². The van der Waals surface area contributed by atoms with E-state index in [0.717, 1.165) is 10.0 Å². The summed E-state index contributed by atoms with van der Waals surface area (Å²) in [7, 11) is 0. The van der Waals surface area contributed by atoms with Crippen molar-refractivity contribution in [2.24, 2.45) is 0 Å². The predicted molar refractivity (Wildman–Crippen MR) is 99.0 cm³/mol. The highest BCUT2D eigenvalue weighted by Crippen LogP contribution is 2.22. The lowest BCUT2D eigenvalue weighted by molar-refractivity contribution is 0.0999. The van der Waals surface area contributed by atoms with Crippen molar-refractivity contribution in [1.82, 2.24) is 14.9 Å². The highest BCUT2D eigenvalue weighted by atomic mass is 32.2. The molecule has 0 aliphatic rings. The molecule has 0 radical (unpaired) electrons. The molecular weight excluding hydrogens is 356 g/mol. The Morgan fingerprint density at radius 3 is 2.68 bits per heavy atom. The number of nitrogens with zero attached hydrogens (tertiary/aromatic N) is 3. The maximum absolute atomic E-state index is 12.5. The molecule has 25 heavy (non-hydrogen) atoms. The fourth-order valence-corrected chi connectivity index (χ4v) is 3.78. The molecular formula is C17H16N4O2S2. The molecule has 0 fully saturated rings. The smallest absolute Gasteiger partial charge is 0.270 e. The van der Waals surface area contributed by atoms with E-state index in [1.54, 1.807) is 28.4 Å². The lowest BCUT2D eigenvalue weighted by atomic mass is 10.2. The lowest BCUT2D eigenvalue weighted by Crippen LogP contribution is -2.25. The van der Waals surface area contributed by atoms with Gasteiger partial charge in [-0.2, -0.15) is 0 Å². The van der Waals surface area contributed by atoms with Crippen molar-refractivity contribution < 1.29 is 9.59 Å². The number of hydrogen-bond acceptors (Lipinski definition) is 6. The average Bonchev–Trinajstić information content (AvgIpc) is 3.24. The Balaban J connectivity index is 1.74.